The molecule has 0 bridgehead atoms. The van der Waals surface area contributed by atoms with Gasteiger partial charge >= 0.3 is 0 Å². The third-order valence-corrected chi connectivity index (χ3v) is 3.71. The van der Waals surface area contributed by atoms with Crippen LogP contribution in [0.25, 0.3) is 0 Å². The van der Waals surface area contributed by atoms with Gasteiger partial charge in [0.2, 0.25) is 0 Å². The summed E-state index contributed by atoms with van der Waals surface area (Å²) in [6.07, 6.45) is 3.14. The highest BCUT2D eigenvalue weighted by Crippen LogP contribution is 2.30. The van der Waals surface area contributed by atoms with Gasteiger partial charge in [0, 0.05) is 6.04 Å². The standard InChI is InChI=1S/C14H21N3O3/c1-16-8-3-4-11(7-9-16)15-13-6-5-12(20-2)10-14(13)17(18)19/h5-6,10-11,15H,3-4,7-9H2,1-2H3. The minimum absolute atomic E-state index is 0.0713. The molecule has 6 nitrogen and oxygen atoms in total. The number of nitro benzene ring substituents is 1. The van der Waals surface area contributed by atoms with Crippen LogP contribution in [0.2, 0.25) is 0 Å². The second kappa shape index (κ2) is 6.56. The summed E-state index contributed by atoms with van der Waals surface area (Å²) in [7, 11) is 3.62. The summed E-state index contributed by atoms with van der Waals surface area (Å²) >= 11 is 0. The van der Waals surface area contributed by atoms with Gasteiger partial charge in [-0.1, -0.05) is 0 Å². The van der Waals surface area contributed by atoms with Gasteiger partial charge in [-0.25, -0.2) is 0 Å². The number of nitrogens with zero attached hydrogens (tertiary/aromatic N) is 2. The minimum atomic E-state index is -0.367. The van der Waals surface area contributed by atoms with Crippen molar-refractivity contribution in [2.45, 2.75) is 25.3 Å². The molecule has 20 heavy (non-hydrogen) atoms. The predicted octanol–water partition coefficient (Wildman–Crippen LogP) is 2.50. The van der Waals surface area contributed by atoms with Gasteiger partial charge in [0.15, 0.2) is 0 Å². The summed E-state index contributed by atoms with van der Waals surface area (Å²) < 4.78 is 5.05. The van der Waals surface area contributed by atoms with Crippen molar-refractivity contribution in [1.29, 1.82) is 0 Å². The van der Waals surface area contributed by atoms with Crippen molar-refractivity contribution in [1.82, 2.24) is 4.90 Å². The fraction of sp³-hybridized carbons (Fsp3) is 0.571. The molecule has 1 unspecified atom stereocenters. The molecule has 1 heterocycles. The van der Waals surface area contributed by atoms with E-state index in [2.05, 4.69) is 17.3 Å². The molecular weight excluding hydrogens is 258 g/mol. The van der Waals surface area contributed by atoms with E-state index in [1.165, 1.54) is 13.2 Å². The molecule has 110 valence electrons. The summed E-state index contributed by atoms with van der Waals surface area (Å²) in [5.74, 6) is 0.503. The number of benzene rings is 1. The lowest BCUT2D eigenvalue weighted by molar-refractivity contribution is -0.384. The highest BCUT2D eigenvalue weighted by atomic mass is 16.6. The van der Waals surface area contributed by atoms with Gasteiger partial charge in [0.25, 0.3) is 5.69 Å². The third kappa shape index (κ3) is 3.60. The van der Waals surface area contributed by atoms with Crippen molar-refractivity contribution in [3.63, 3.8) is 0 Å². The number of anilines is 1. The van der Waals surface area contributed by atoms with Crippen LogP contribution in [-0.2, 0) is 0 Å². The smallest absolute Gasteiger partial charge is 0.296 e. The van der Waals surface area contributed by atoms with Crippen LogP contribution in [0.1, 0.15) is 19.3 Å². The van der Waals surface area contributed by atoms with E-state index in [-0.39, 0.29) is 16.7 Å². The van der Waals surface area contributed by atoms with Gasteiger partial charge in [-0.3, -0.25) is 10.1 Å². The molecule has 1 fully saturated rings. The first-order valence-corrected chi connectivity index (χ1v) is 6.87. The molecule has 1 saturated heterocycles. The maximum Gasteiger partial charge on any atom is 0.296 e. The Morgan fingerprint density at radius 3 is 2.90 bits per heavy atom. The van der Waals surface area contributed by atoms with E-state index in [0.29, 0.717) is 11.4 Å². The zero-order chi connectivity index (χ0) is 14.5. The monoisotopic (exact) mass is 279 g/mol. The van der Waals surface area contributed by atoms with Crippen molar-refractivity contribution in [2.24, 2.45) is 0 Å². The molecular formula is C14H21N3O3. The van der Waals surface area contributed by atoms with E-state index >= 15 is 0 Å². The first-order valence-electron chi connectivity index (χ1n) is 6.87. The maximum absolute atomic E-state index is 11.2. The maximum atomic E-state index is 11.2. The van der Waals surface area contributed by atoms with Crippen LogP contribution in [0.15, 0.2) is 18.2 Å². The summed E-state index contributed by atoms with van der Waals surface area (Å²) in [5, 5.41) is 14.5. The van der Waals surface area contributed by atoms with Crippen molar-refractivity contribution in [2.75, 3.05) is 32.6 Å². The Morgan fingerprint density at radius 1 is 1.40 bits per heavy atom. The highest BCUT2D eigenvalue weighted by Gasteiger charge is 2.20. The average molecular weight is 279 g/mol. The first kappa shape index (κ1) is 14.6. The van der Waals surface area contributed by atoms with Gasteiger partial charge in [-0.05, 0) is 51.5 Å². The second-order valence-corrected chi connectivity index (χ2v) is 5.22. The Labute approximate surface area is 118 Å². The molecule has 0 amide bonds. The van der Waals surface area contributed by atoms with E-state index < -0.39 is 0 Å². The van der Waals surface area contributed by atoms with Crippen LogP contribution in [0.3, 0.4) is 0 Å². The molecule has 0 aromatic heterocycles. The summed E-state index contributed by atoms with van der Waals surface area (Å²) in [6.45, 7) is 2.10. The highest BCUT2D eigenvalue weighted by molar-refractivity contribution is 5.64. The number of likely N-dealkylation sites (tertiary alicyclic amines) is 1. The molecule has 1 aromatic carbocycles. The lowest BCUT2D eigenvalue weighted by Crippen LogP contribution is -2.23. The lowest BCUT2D eigenvalue weighted by Gasteiger charge is -2.18. The number of methoxy groups -OCH3 is 1. The summed E-state index contributed by atoms with van der Waals surface area (Å²) in [6, 6.07) is 5.22. The minimum Gasteiger partial charge on any atom is -0.496 e. The molecule has 2 rings (SSSR count). The number of rotatable bonds is 4. The third-order valence-electron chi connectivity index (χ3n) is 3.71. The number of nitro groups is 1. The lowest BCUT2D eigenvalue weighted by atomic mass is 10.1. The van der Waals surface area contributed by atoms with Crippen molar-refractivity contribution in [3.05, 3.63) is 28.3 Å². The molecule has 0 radical (unpaired) electrons. The van der Waals surface area contributed by atoms with Crippen LogP contribution < -0.4 is 10.1 Å². The Morgan fingerprint density at radius 2 is 2.20 bits per heavy atom. The largest absolute Gasteiger partial charge is 0.496 e. The van der Waals surface area contributed by atoms with Gasteiger partial charge in [0.1, 0.15) is 11.4 Å². The van der Waals surface area contributed by atoms with Crippen LogP contribution >= 0.6 is 0 Å². The molecule has 0 aliphatic carbocycles. The Kier molecular flexibility index (Phi) is 4.79. The first-order chi connectivity index (χ1) is 9.60. The summed E-state index contributed by atoms with van der Waals surface area (Å²) in [4.78, 5) is 13.1. The van der Waals surface area contributed by atoms with Gasteiger partial charge in [-0.15, -0.1) is 0 Å². The number of hydrogen-bond donors (Lipinski definition) is 1. The zero-order valence-electron chi connectivity index (χ0n) is 12.0. The Bertz CT molecular complexity index is 479. The van der Waals surface area contributed by atoms with Crippen LogP contribution in [0.5, 0.6) is 5.75 Å². The summed E-state index contributed by atoms with van der Waals surface area (Å²) in [5.41, 5.74) is 0.646. The molecule has 1 atom stereocenters. The van der Waals surface area contributed by atoms with Gasteiger partial charge in [-0.2, -0.15) is 0 Å². The second-order valence-electron chi connectivity index (χ2n) is 5.22. The molecule has 1 aliphatic heterocycles. The quantitative estimate of drug-likeness (QED) is 0.677. The molecule has 6 heteroatoms. The van der Waals surface area contributed by atoms with E-state index in [4.69, 9.17) is 4.74 Å². The van der Waals surface area contributed by atoms with Crippen LogP contribution in [0, 0.1) is 10.1 Å². The average Bonchev–Trinajstić information content (AvgIpc) is 2.64. The predicted molar refractivity (Wildman–Crippen MR) is 78.4 cm³/mol. The van der Waals surface area contributed by atoms with Crippen molar-refractivity contribution < 1.29 is 9.66 Å². The fourth-order valence-corrected chi connectivity index (χ4v) is 2.52. The molecule has 1 N–H and O–H groups in total. The molecule has 0 spiro atoms. The number of nitrogens with one attached hydrogen (secondary N) is 1. The number of hydrogen-bond acceptors (Lipinski definition) is 5. The van der Waals surface area contributed by atoms with E-state index in [0.717, 1.165) is 32.4 Å². The van der Waals surface area contributed by atoms with Crippen LogP contribution in [0.4, 0.5) is 11.4 Å². The van der Waals surface area contributed by atoms with Crippen LogP contribution in [-0.4, -0.2) is 43.1 Å². The number of ether oxygens (including phenoxy) is 1. The Hall–Kier alpha value is -1.82. The molecule has 1 aliphatic rings. The van der Waals surface area contributed by atoms with E-state index in [1.54, 1.807) is 12.1 Å². The molecule has 1 aromatic rings. The SMILES string of the molecule is COc1ccc(NC2CCCN(C)CC2)c([N+](=O)[O-])c1. The fourth-order valence-electron chi connectivity index (χ4n) is 2.52. The topological polar surface area (TPSA) is 67.6 Å². The Balaban J connectivity index is 2.13. The molecule has 0 saturated carbocycles. The van der Waals surface area contributed by atoms with Gasteiger partial charge in [0.05, 0.1) is 18.1 Å². The van der Waals surface area contributed by atoms with Crippen molar-refractivity contribution in [3.8, 4) is 5.75 Å². The van der Waals surface area contributed by atoms with Gasteiger partial charge < -0.3 is 15.0 Å². The normalized spacial score (nSPS) is 20.2. The zero-order valence-corrected chi connectivity index (χ0v) is 12.0. The van der Waals surface area contributed by atoms with E-state index in [9.17, 15) is 10.1 Å². The van der Waals surface area contributed by atoms with E-state index in [1.807, 2.05) is 0 Å². The van der Waals surface area contributed by atoms with Crippen molar-refractivity contribution >= 4 is 11.4 Å².